The SMILES string of the molecule is COC(=O)c1ccc(C(=O)Nc2ccc3c(c2)CCCN3C(=O)c2ccccc2)cc1. The number of amides is 2. The number of esters is 1. The summed E-state index contributed by atoms with van der Waals surface area (Å²) in [6.07, 6.45) is 1.70. The molecule has 156 valence electrons. The Balaban J connectivity index is 1.51. The van der Waals surface area contributed by atoms with E-state index in [4.69, 9.17) is 0 Å². The van der Waals surface area contributed by atoms with Gasteiger partial charge in [0.15, 0.2) is 0 Å². The lowest BCUT2D eigenvalue weighted by molar-refractivity contribution is 0.0600. The van der Waals surface area contributed by atoms with E-state index in [1.54, 1.807) is 35.2 Å². The van der Waals surface area contributed by atoms with E-state index < -0.39 is 5.97 Å². The highest BCUT2D eigenvalue weighted by Crippen LogP contribution is 2.31. The highest BCUT2D eigenvalue weighted by Gasteiger charge is 2.24. The van der Waals surface area contributed by atoms with E-state index in [1.165, 1.54) is 7.11 Å². The Morgan fingerprint density at radius 2 is 1.58 bits per heavy atom. The second-order valence-corrected chi connectivity index (χ2v) is 7.29. The van der Waals surface area contributed by atoms with Crippen LogP contribution < -0.4 is 10.2 Å². The third-order valence-electron chi connectivity index (χ3n) is 5.29. The van der Waals surface area contributed by atoms with Gasteiger partial charge in [-0.1, -0.05) is 18.2 Å². The van der Waals surface area contributed by atoms with Crippen molar-refractivity contribution >= 4 is 29.2 Å². The summed E-state index contributed by atoms with van der Waals surface area (Å²) in [6, 6.07) is 21.1. The van der Waals surface area contributed by atoms with Crippen LogP contribution in [-0.2, 0) is 11.2 Å². The fourth-order valence-electron chi connectivity index (χ4n) is 3.70. The van der Waals surface area contributed by atoms with Gasteiger partial charge in [-0.15, -0.1) is 0 Å². The van der Waals surface area contributed by atoms with Gasteiger partial charge in [0.25, 0.3) is 11.8 Å². The van der Waals surface area contributed by atoms with Crippen LogP contribution in [0.1, 0.15) is 43.1 Å². The number of hydrogen-bond acceptors (Lipinski definition) is 4. The van der Waals surface area contributed by atoms with Gasteiger partial charge in [-0.3, -0.25) is 9.59 Å². The Hall–Kier alpha value is -3.93. The monoisotopic (exact) mass is 414 g/mol. The molecule has 31 heavy (non-hydrogen) atoms. The largest absolute Gasteiger partial charge is 0.465 e. The van der Waals surface area contributed by atoms with Crippen molar-refractivity contribution in [3.05, 3.63) is 95.1 Å². The minimum Gasteiger partial charge on any atom is -0.465 e. The first-order valence-corrected chi connectivity index (χ1v) is 10.1. The normalized spacial score (nSPS) is 12.6. The summed E-state index contributed by atoms with van der Waals surface area (Å²) in [5.41, 5.74) is 4.04. The van der Waals surface area contributed by atoms with E-state index in [1.807, 2.05) is 42.5 Å². The van der Waals surface area contributed by atoms with Gasteiger partial charge in [-0.25, -0.2) is 4.79 Å². The van der Waals surface area contributed by atoms with Gasteiger partial charge in [-0.2, -0.15) is 0 Å². The number of aryl methyl sites for hydroxylation is 1. The number of carbonyl (C=O) groups is 3. The summed E-state index contributed by atoms with van der Waals surface area (Å²) in [5, 5.41) is 2.89. The quantitative estimate of drug-likeness (QED) is 0.645. The lowest BCUT2D eigenvalue weighted by Gasteiger charge is -2.30. The average molecular weight is 414 g/mol. The summed E-state index contributed by atoms with van der Waals surface area (Å²) < 4.78 is 4.67. The summed E-state index contributed by atoms with van der Waals surface area (Å²) >= 11 is 0. The number of anilines is 2. The molecule has 3 aromatic rings. The number of ether oxygens (including phenoxy) is 1. The number of carbonyl (C=O) groups excluding carboxylic acids is 3. The van der Waals surface area contributed by atoms with Crippen molar-refractivity contribution in [2.24, 2.45) is 0 Å². The average Bonchev–Trinajstić information content (AvgIpc) is 2.83. The molecule has 1 aliphatic heterocycles. The molecule has 2 amide bonds. The van der Waals surface area contributed by atoms with Gasteiger partial charge >= 0.3 is 5.97 Å². The maximum atomic E-state index is 12.9. The molecular weight excluding hydrogens is 392 g/mol. The summed E-state index contributed by atoms with van der Waals surface area (Å²) in [7, 11) is 1.31. The van der Waals surface area contributed by atoms with Gasteiger partial charge < -0.3 is 15.0 Å². The maximum absolute atomic E-state index is 12.9. The van der Waals surface area contributed by atoms with Crippen LogP contribution >= 0.6 is 0 Å². The number of benzene rings is 3. The van der Waals surface area contributed by atoms with Gasteiger partial charge in [0.2, 0.25) is 0 Å². The molecular formula is C25H22N2O4. The van der Waals surface area contributed by atoms with Gasteiger partial charge in [0.1, 0.15) is 0 Å². The number of nitrogens with zero attached hydrogens (tertiary/aromatic N) is 1. The minimum absolute atomic E-state index is 0.0240. The second-order valence-electron chi connectivity index (χ2n) is 7.29. The van der Waals surface area contributed by atoms with Crippen molar-refractivity contribution in [2.45, 2.75) is 12.8 Å². The van der Waals surface area contributed by atoms with Crippen molar-refractivity contribution in [1.82, 2.24) is 0 Å². The van der Waals surface area contributed by atoms with E-state index in [-0.39, 0.29) is 11.8 Å². The standard InChI is InChI=1S/C25H22N2O4/c1-31-25(30)19-11-9-17(10-12-19)23(28)26-21-13-14-22-20(16-21)8-5-15-27(22)24(29)18-6-3-2-4-7-18/h2-4,6-7,9-14,16H,5,8,15H2,1H3,(H,26,28). The van der Waals surface area contributed by atoms with E-state index in [0.29, 0.717) is 28.9 Å². The first-order chi connectivity index (χ1) is 15.1. The van der Waals surface area contributed by atoms with Crippen LogP contribution in [0.2, 0.25) is 0 Å². The van der Waals surface area contributed by atoms with Crippen molar-refractivity contribution in [1.29, 1.82) is 0 Å². The van der Waals surface area contributed by atoms with Crippen LogP contribution in [0.25, 0.3) is 0 Å². The lowest BCUT2D eigenvalue weighted by Crippen LogP contribution is -2.35. The van der Waals surface area contributed by atoms with Crippen molar-refractivity contribution < 1.29 is 19.1 Å². The molecule has 0 saturated heterocycles. The number of hydrogen-bond donors (Lipinski definition) is 1. The predicted octanol–water partition coefficient (Wildman–Crippen LogP) is 4.32. The third kappa shape index (κ3) is 4.33. The van der Waals surface area contributed by atoms with Crippen LogP contribution in [0, 0.1) is 0 Å². The number of rotatable bonds is 4. The fourth-order valence-corrected chi connectivity index (χ4v) is 3.70. The summed E-state index contributed by atoms with van der Waals surface area (Å²) in [6.45, 7) is 0.666. The van der Waals surface area contributed by atoms with E-state index in [9.17, 15) is 14.4 Å². The van der Waals surface area contributed by atoms with Crippen LogP contribution in [0.4, 0.5) is 11.4 Å². The van der Waals surface area contributed by atoms with Crippen LogP contribution in [0.5, 0.6) is 0 Å². The Bertz CT molecular complexity index is 1120. The Kier molecular flexibility index (Phi) is 5.80. The second kappa shape index (κ2) is 8.83. The zero-order valence-corrected chi connectivity index (χ0v) is 17.1. The molecule has 6 nitrogen and oxygen atoms in total. The van der Waals surface area contributed by atoms with Crippen molar-refractivity contribution in [3.63, 3.8) is 0 Å². The molecule has 0 atom stereocenters. The van der Waals surface area contributed by atoms with Crippen LogP contribution in [0.3, 0.4) is 0 Å². The number of nitrogens with one attached hydrogen (secondary N) is 1. The molecule has 0 aromatic heterocycles. The topological polar surface area (TPSA) is 75.7 Å². The molecule has 0 spiro atoms. The summed E-state index contributed by atoms with van der Waals surface area (Å²) in [4.78, 5) is 38.9. The smallest absolute Gasteiger partial charge is 0.337 e. The molecule has 0 radical (unpaired) electrons. The maximum Gasteiger partial charge on any atom is 0.337 e. The highest BCUT2D eigenvalue weighted by atomic mass is 16.5. The molecule has 0 saturated carbocycles. The lowest BCUT2D eigenvalue weighted by atomic mass is 10.00. The van der Waals surface area contributed by atoms with Gasteiger partial charge in [-0.05, 0) is 73.0 Å². The molecule has 0 aliphatic carbocycles. The first-order valence-electron chi connectivity index (χ1n) is 10.1. The fraction of sp³-hybridized carbons (Fsp3) is 0.160. The molecule has 0 bridgehead atoms. The zero-order valence-electron chi connectivity index (χ0n) is 17.1. The predicted molar refractivity (Wildman–Crippen MR) is 119 cm³/mol. The van der Waals surface area contributed by atoms with E-state index in [0.717, 1.165) is 24.1 Å². The Morgan fingerprint density at radius 3 is 2.29 bits per heavy atom. The third-order valence-corrected chi connectivity index (χ3v) is 5.29. The van der Waals surface area contributed by atoms with Gasteiger partial charge in [0, 0.05) is 29.0 Å². The van der Waals surface area contributed by atoms with Crippen molar-refractivity contribution in [3.8, 4) is 0 Å². The molecule has 1 aliphatic rings. The van der Waals surface area contributed by atoms with Crippen molar-refractivity contribution in [2.75, 3.05) is 23.9 Å². The summed E-state index contributed by atoms with van der Waals surface area (Å²) in [5.74, 6) is -0.746. The Morgan fingerprint density at radius 1 is 0.871 bits per heavy atom. The number of fused-ring (bicyclic) bond motifs is 1. The highest BCUT2D eigenvalue weighted by molar-refractivity contribution is 6.07. The van der Waals surface area contributed by atoms with E-state index in [2.05, 4.69) is 10.1 Å². The molecule has 1 N–H and O–H groups in total. The molecule has 0 unspecified atom stereocenters. The van der Waals surface area contributed by atoms with Gasteiger partial charge in [0.05, 0.1) is 12.7 Å². The molecule has 6 heteroatoms. The van der Waals surface area contributed by atoms with E-state index >= 15 is 0 Å². The first kappa shape index (κ1) is 20.3. The van der Waals surface area contributed by atoms with Crippen LogP contribution in [0.15, 0.2) is 72.8 Å². The van der Waals surface area contributed by atoms with Crippen LogP contribution in [-0.4, -0.2) is 31.4 Å². The molecule has 1 heterocycles. The Labute approximate surface area is 180 Å². The number of methoxy groups -OCH3 is 1. The molecule has 4 rings (SSSR count). The zero-order chi connectivity index (χ0) is 21.8. The molecule has 3 aromatic carbocycles. The molecule has 0 fully saturated rings. The minimum atomic E-state index is -0.448.